The molecule has 0 aliphatic carbocycles. The van der Waals surface area contributed by atoms with Gasteiger partial charge in [-0.1, -0.05) is 32.0 Å². The molecule has 3 rings (SSSR count). The molecule has 1 aliphatic heterocycles. The maximum atomic E-state index is 12.6. The minimum atomic E-state index is 0.107. The summed E-state index contributed by atoms with van der Waals surface area (Å²) in [5, 5.41) is 0. The molecule has 1 amide bonds. The molecular weight excluding hydrogens is 302 g/mol. The lowest BCUT2D eigenvalue weighted by Gasteiger charge is -2.21. The van der Waals surface area contributed by atoms with Crippen molar-refractivity contribution < 1.29 is 14.3 Å². The number of carbonyl (C=O) groups is 1. The summed E-state index contributed by atoms with van der Waals surface area (Å²) in [6.45, 7) is 6.07. The summed E-state index contributed by atoms with van der Waals surface area (Å²) in [6.07, 6.45) is 1.95. The van der Waals surface area contributed by atoms with Crippen LogP contribution in [-0.2, 0) is 0 Å². The number of carbonyl (C=O) groups excluding carboxylic acids is 1. The van der Waals surface area contributed by atoms with Gasteiger partial charge in [0.2, 0.25) is 6.79 Å². The molecule has 1 aliphatic rings. The second-order valence-electron chi connectivity index (χ2n) is 5.94. The van der Waals surface area contributed by atoms with E-state index in [0.717, 1.165) is 54.1 Å². The van der Waals surface area contributed by atoms with Crippen LogP contribution in [0.25, 0.3) is 11.1 Å². The summed E-state index contributed by atoms with van der Waals surface area (Å²) in [5.74, 6) is 1.65. The number of rotatable bonds is 6. The highest BCUT2D eigenvalue weighted by atomic mass is 16.7. The largest absolute Gasteiger partial charge is 0.454 e. The van der Waals surface area contributed by atoms with E-state index in [2.05, 4.69) is 13.8 Å². The minimum Gasteiger partial charge on any atom is -0.454 e. The van der Waals surface area contributed by atoms with E-state index in [1.807, 2.05) is 47.4 Å². The first-order chi connectivity index (χ1) is 11.7. The van der Waals surface area contributed by atoms with Gasteiger partial charge in [-0.25, -0.2) is 0 Å². The van der Waals surface area contributed by atoms with Gasteiger partial charge in [-0.05, 0) is 48.2 Å². The average Bonchev–Trinajstić information content (AvgIpc) is 3.09. The van der Waals surface area contributed by atoms with E-state index >= 15 is 0 Å². The second-order valence-corrected chi connectivity index (χ2v) is 5.94. The predicted octanol–water partition coefficient (Wildman–Crippen LogP) is 4.34. The summed E-state index contributed by atoms with van der Waals surface area (Å²) < 4.78 is 10.8. The second kappa shape index (κ2) is 7.39. The molecule has 0 spiro atoms. The van der Waals surface area contributed by atoms with Crippen LogP contribution in [0.5, 0.6) is 11.5 Å². The first-order valence-electron chi connectivity index (χ1n) is 8.52. The molecule has 126 valence electrons. The summed E-state index contributed by atoms with van der Waals surface area (Å²) in [4.78, 5) is 14.5. The molecule has 0 fully saturated rings. The number of nitrogens with zero attached hydrogens (tertiary/aromatic N) is 1. The lowest BCUT2D eigenvalue weighted by Crippen LogP contribution is -2.32. The van der Waals surface area contributed by atoms with Crippen molar-refractivity contribution in [2.45, 2.75) is 26.7 Å². The molecule has 1 heterocycles. The smallest absolute Gasteiger partial charge is 0.253 e. The van der Waals surface area contributed by atoms with Crippen molar-refractivity contribution in [1.82, 2.24) is 4.90 Å². The van der Waals surface area contributed by atoms with Gasteiger partial charge in [-0.3, -0.25) is 4.79 Å². The molecule has 2 aromatic carbocycles. The maximum Gasteiger partial charge on any atom is 0.253 e. The molecule has 0 radical (unpaired) electrons. The van der Waals surface area contributed by atoms with Gasteiger partial charge in [0, 0.05) is 18.7 Å². The van der Waals surface area contributed by atoms with Crippen LogP contribution in [0.2, 0.25) is 0 Å². The van der Waals surface area contributed by atoms with Crippen molar-refractivity contribution in [3.05, 3.63) is 48.0 Å². The Morgan fingerprint density at radius 2 is 1.54 bits per heavy atom. The highest BCUT2D eigenvalue weighted by Gasteiger charge is 2.16. The number of benzene rings is 2. The first-order valence-corrected chi connectivity index (χ1v) is 8.52. The molecule has 0 saturated heterocycles. The third-order valence-corrected chi connectivity index (χ3v) is 4.11. The van der Waals surface area contributed by atoms with Gasteiger partial charge < -0.3 is 14.4 Å². The number of hydrogen-bond donors (Lipinski definition) is 0. The van der Waals surface area contributed by atoms with Crippen molar-refractivity contribution in [3.63, 3.8) is 0 Å². The van der Waals surface area contributed by atoms with Gasteiger partial charge >= 0.3 is 0 Å². The Hall–Kier alpha value is -2.49. The molecule has 0 unspecified atom stereocenters. The number of amides is 1. The number of hydrogen-bond acceptors (Lipinski definition) is 3. The fourth-order valence-corrected chi connectivity index (χ4v) is 2.92. The average molecular weight is 325 g/mol. The van der Waals surface area contributed by atoms with E-state index < -0.39 is 0 Å². The Labute approximate surface area is 143 Å². The molecule has 4 nitrogen and oxygen atoms in total. The zero-order valence-electron chi connectivity index (χ0n) is 14.2. The van der Waals surface area contributed by atoms with Gasteiger partial charge in [-0.2, -0.15) is 0 Å². The maximum absolute atomic E-state index is 12.6. The number of ether oxygens (including phenoxy) is 2. The van der Waals surface area contributed by atoms with E-state index in [4.69, 9.17) is 9.47 Å². The monoisotopic (exact) mass is 325 g/mol. The third-order valence-electron chi connectivity index (χ3n) is 4.11. The summed E-state index contributed by atoms with van der Waals surface area (Å²) >= 11 is 0. The van der Waals surface area contributed by atoms with Gasteiger partial charge in [0.25, 0.3) is 5.91 Å². The normalized spacial score (nSPS) is 12.2. The zero-order chi connectivity index (χ0) is 16.9. The van der Waals surface area contributed by atoms with E-state index in [1.54, 1.807) is 0 Å². The molecule has 0 N–H and O–H groups in total. The van der Waals surface area contributed by atoms with Gasteiger partial charge in [0.1, 0.15) is 0 Å². The molecule has 0 saturated carbocycles. The van der Waals surface area contributed by atoms with E-state index in [1.165, 1.54) is 0 Å². The van der Waals surface area contributed by atoms with Crippen LogP contribution < -0.4 is 9.47 Å². The Kier molecular flexibility index (Phi) is 5.04. The highest BCUT2D eigenvalue weighted by Crippen LogP contribution is 2.35. The van der Waals surface area contributed by atoms with Crippen LogP contribution in [0.4, 0.5) is 0 Å². The highest BCUT2D eigenvalue weighted by molar-refractivity contribution is 5.94. The fourth-order valence-electron chi connectivity index (χ4n) is 2.92. The lowest BCUT2D eigenvalue weighted by atomic mass is 10.0. The lowest BCUT2D eigenvalue weighted by molar-refractivity contribution is 0.0755. The zero-order valence-corrected chi connectivity index (χ0v) is 14.2. The Bertz CT molecular complexity index is 703. The molecule has 4 heteroatoms. The Balaban J connectivity index is 1.78. The Morgan fingerprint density at radius 1 is 0.917 bits per heavy atom. The molecule has 24 heavy (non-hydrogen) atoms. The van der Waals surface area contributed by atoms with Gasteiger partial charge in [0.15, 0.2) is 11.5 Å². The SMILES string of the molecule is CCCN(CCC)C(=O)c1ccc(-c2ccc3c(c2)OCO3)cc1. The summed E-state index contributed by atoms with van der Waals surface area (Å²) in [7, 11) is 0. The van der Waals surface area contributed by atoms with Crippen LogP contribution >= 0.6 is 0 Å². The molecule has 2 aromatic rings. The van der Waals surface area contributed by atoms with Crippen molar-refractivity contribution in [2.24, 2.45) is 0 Å². The molecule has 0 bridgehead atoms. The van der Waals surface area contributed by atoms with Gasteiger partial charge in [0.05, 0.1) is 0 Å². The van der Waals surface area contributed by atoms with E-state index in [0.29, 0.717) is 0 Å². The van der Waals surface area contributed by atoms with Crippen LogP contribution in [0.3, 0.4) is 0 Å². The predicted molar refractivity (Wildman–Crippen MR) is 94.5 cm³/mol. The molecule has 0 atom stereocenters. The fraction of sp³-hybridized carbons (Fsp3) is 0.350. The molecular formula is C20H23NO3. The first kappa shape index (κ1) is 16.4. The minimum absolute atomic E-state index is 0.107. The summed E-state index contributed by atoms with van der Waals surface area (Å²) in [5.41, 5.74) is 2.85. The van der Waals surface area contributed by atoms with E-state index in [9.17, 15) is 4.79 Å². The quantitative estimate of drug-likeness (QED) is 0.793. The van der Waals surface area contributed by atoms with Crippen molar-refractivity contribution >= 4 is 5.91 Å². The third kappa shape index (κ3) is 3.37. The van der Waals surface area contributed by atoms with E-state index in [-0.39, 0.29) is 12.7 Å². The van der Waals surface area contributed by atoms with Crippen LogP contribution in [0, 0.1) is 0 Å². The van der Waals surface area contributed by atoms with Crippen molar-refractivity contribution in [1.29, 1.82) is 0 Å². The van der Waals surface area contributed by atoms with Gasteiger partial charge in [-0.15, -0.1) is 0 Å². The topological polar surface area (TPSA) is 38.8 Å². The van der Waals surface area contributed by atoms with Crippen molar-refractivity contribution in [2.75, 3.05) is 19.9 Å². The summed E-state index contributed by atoms with van der Waals surface area (Å²) in [6, 6.07) is 13.7. The van der Waals surface area contributed by atoms with Crippen LogP contribution in [-0.4, -0.2) is 30.7 Å². The van der Waals surface area contributed by atoms with Crippen molar-refractivity contribution in [3.8, 4) is 22.6 Å². The Morgan fingerprint density at radius 3 is 2.21 bits per heavy atom. The number of fused-ring (bicyclic) bond motifs is 1. The standard InChI is InChI=1S/C20H23NO3/c1-3-11-21(12-4-2)20(22)16-7-5-15(6-8-16)17-9-10-18-19(13-17)24-14-23-18/h5-10,13H,3-4,11-12,14H2,1-2H3. The van der Waals surface area contributed by atoms with Crippen LogP contribution in [0.15, 0.2) is 42.5 Å². The molecule has 0 aromatic heterocycles. The van der Waals surface area contributed by atoms with Crippen LogP contribution in [0.1, 0.15) is 37.0 Å².